The van der Waals surface area contributed by atoms with Gasteiger partial charge in [0.25, 0.3) is 0 Å². The standard InChI is InChI=1S/C11H11N3O2S/c12-11-13-7(6-17-11)5-10(16)14-8-3-1-2-4-9(8)15/h1-4,6,15H,5H2,(H2,12,13)(H,14,16). The first-order valence-electron chi connectivity index (χ1n) is 4.93. The molecule has 0 fully saturated rings. The first-order valence-corrected chi connectivity index (χ1v) is 5.81. The number of hydrogen-bond donors (Lipinski definition) is 3. The van der Waals surface area contributed by atoms with Crippen LogP contribution in [-0.4, -0.2) is 16.0 Å². The van der Waals surface area contributed by atoms with Crippen molar-refractivity contribution < 1.29 is 9.90 Å². The van der Waals surface area contributed by atoms with Crippen LogP contribution in [0.2, 0.25) is 0 Å². The Hall–Kier alpha value is -2.08. The third-order valence-corrected chi connectivity index (χ3v) is 2.81. The number of nitrogens with zero attached hydrogens (tertiary/aromatic N) is 1. The normalized spacial score (nSPS) is 10.1. The zero-order valence-corrected chi connectivity index (χ0v) is 9.70. The summed E-state index contributed by atoms with van der Waals surface area (Å²) in [5.41, 5.74) is 6.48. The highest BCUT2D eigenvalue weighted by Gasteiger charge is 2.08. The smallest absolute Gasteiger partial charge is 0.230 e. The Bertz CT molecular complexity index is 539. The zero-order valence-electron chi connectivity index (χ0n) is 8.88. The van der Waals surface area contributed by atoms with Gasteiger partial charge in [0.15, 0.2) is 5.13 Å². The van der Waals surface area contributed by atoms with Crippen LogP contribution in [0.4, 0.5) is 10.8 Å². The Kier molecular flexibility index (Phi) is 3.24. The Morgan fingerprint density at radius 1 is 1.47 bits per heavy atom. The SMILES string of the molecule is Nc1nc(CC(=O)Nc2ccccc2O)cs1. The van der Waals surface area contributed by atoms with Crippen molar-refractivity contribution in [3.05, 3.63) is 35.3 Å². The van der Waals surface area contributed by atoms with Gasteiger partial charge in [0.2, 0.25) is 5.91 Å². The summed E-state index contributed by atoms with van der Waals surface area (Å²) in [7, 11) is 0. The fourth-order valence-corrected chi connectivity index (χ4v) is 1.90. The lowest BCUT2D eigenvalue weighted by molar-refractivity contribution is -0.115. The van der Waals surface area contributed by atoms with Crippen LogP contribution in [0.15, 0.2) is 29.6 Å². The Morgan fingerprint density at radius 2 is 2.24 bits per heavy atom. The molecule has 0 radical (unpaired) electrons. The summed E-state index contributed by atoms with van der Waals surface area (Å²) in [6.07, 6.45) is 0.141. The van der Waals surface area contributed by atoms with Crippen LogP contribution in [0, 0.1) is 0 Å². The number of hydrogen-bond acceptors (Lipinski definition) is 5. The number of para-hydroxylation sites is 2. The Labute approximate surface area is 102 Å². The van der Waals surface area contributed by atoms with Gasteiger partial charge in [-0.05, 0) is 12.1 Å². The number of aromatic hydroxyl groups is 1. The number of carbonyl (C=O) groups is 1. The summed E-state index contributed by atoms with van der Waals surface area (Å²) in [6.45, 7) is 0. The molecular weight excluding hydrogens is 238 g/mol. The lowest BCUT2D eigenvalue weighted by Crippen LogP contribution is -2.14. The molecule has 1 heterocycles. The minimum atomic E-state index is -0.239. The van der Waals surface area contributed by atoms with Gasteiger partial charge in [-0.15, -0.1) is 11.3 Å². The van der Waals surface area contributed by atoms with Crippen LogP contribution in [-0.2, 0) is 11.2 Å². The van der Waals surface area contributed by atoms with E-state index in [-0.39, 0.29) is 18.1 Å². The van der Waals surface area contributed by atoms with E-state index in [0.29, 0.717) is 16.5 Å². The fraction of sp³-hybridized carbons (Fsp3) is 0.0909. The van der Waals surface area contributed by atoms with Crippen LogP contribution in [0.1, 0.15) is 5.69 Å². The van der Waals surface area contributed by atoms with Gasteiger partial charge in [-0.1, -0.05) is 12.1 Å². The molecule has 0 saturated heterocycles. The molecule has 2 rings (SSSR count). The summed E-state index contributed by atoms with van der Waals surface area (Å²) in [4.78, 5) is 15.6. The maximum Gasteiger partial charge on any atom is 0.230 e. The van der Waals surface area contributed by atoms with Gasteiger partial charge in [0, 0.05) is 5.38 Å². The molecule has 17 heavy (non-hydrogen) atoms. The van der Waals surface area contributed by atoms with Gasteiger partial charge in [-0.2, -0.15) is 0 Å². The van der Waals surface area contributed by atoms with E-state index in [9.17, 15) is 9.90 Å². The molecule has 1 aromatic carbocycles. The van der Waals surface area contributed by atoms with E-state index in [1.807, 2.05) is 0 Å². The van der Waals surface area contributed by atoms with Crippen molar-refractivity contribution in [2.24, 2.45) is 0 Å². The molecule has 0 unspecified atom stereocenters. The van der Waals surface area contributed by atoms with Gasteiger partial charge in [-0.3, -0.25) is 4.79 Å². The number of rotatable bonds is 3. The summed E-state index contributed by atoms with van der Waals surface area (Å²) in [5, 5.41) is 14.3. The Morgan fingerprint density at radius 3 is 2.88 bits per heavy atom. The van der Waals surface area contributed by atoms with E-state index in [4.69, 9.17) is 5.73 Å². The molecule has 6 heteroatoms. The number of phenols is 1. The van der Waals surface area contributed by atoms with Crippen molar-refractivity contribution in [1.29, 1.82) is 0 Å². The van der Waals surface area contributed by atoms with Gasteiger partial charge in [0.05, 0.1) is 17.8 Å². The molecule has 0 bridgehead atoms. The molecule has 0 aliphatic rings. The van der Waals surface area contributed by atoms with Crippen molar-refractivity contribution in [2.45, 2.75) is 6.42 Å². The highest BCUT2D eigenvalue weighted by atomic mass is 32.1. The Balaban J connectivity index is 2.01. The first-order chi connectivity index (χ1) is 8.15. The number of thiazole rings is 1. The molecule has 88 valence electrons. The maximum atomic E-state index is 11.6. The lowest BCUT2D eigenvalue weighted by Gasteiger charge is -2.05. The van der Waals surface area contributed by atoms with Gasteiger partial charge < -0.3 is 16.2 Å². The molecule has 5 nitrogen and oxygen atoms in total. The fourth-order valence-electron chi connectivity index (χ4n) is 1.34. The zero-order chi connectivity index (χ0) is 12.3. The van der Waals surface area contributed by atoms with Gasteiger partial charge in [0.1, 0.15) is 5.75 Å². The number of nitrogen functional groups attached to an aromatic ring is 1. The molecule has 4 N–H and O–H groups in total. The molecule has 0 aliphatic carbocycles. The molecule has 1 amide bonds. The van der Waals surface area contributed by atoms with E-state index < -0.39 is 0 Å². The van der Waals surface area contributed by atoms with Crippen LogP contribution < -0.4 is 11.1 Å². The quantitative estimate of drug-likeness (QED) is 0.721. The van der Waals surface area contributed by atoms with Gasteiger partial charge in [-0.25, -0.2) is 4.98 Å². The largest absolute Gasteiger partial charge is 0.506 e. The number of benzene rings is 1. The van der Waals surface area contributed by atoms with Crippen molar-refractivity contribution in [3.63, 3.8) is 0 Å². The molecule has 0 saturated carbocycles. The van der Waals surface area contributed by atoms with Crippen LogP contribution in [0.3, 0.4) is 0 Å². The third-order valence-electron chi connectivity index (χ3n) is 2.09. The van der Waals surface area contributed by atoms with Crippen molar-refractivity contribution >= 4 is 28.1 Å². The first kappa shape index (κ1) is 11.4. The van der Waals surface area contributed by atoms with E-state index >= 15 is 0 Å². The number of aromatic nitrogens is 1. The van der Waals surface area contributed by atoms with Crippen molar-refractivity contribution in [2.75, 3.05) is 11.1 Å². The number of nitrogens with two attached hydrogens (primary N) is 1. The van der Waals surface area contributed by atoms with E-state index in [0.717, 1.165) is 0 Å². The van der Waals surface area contributed by atoms with E-state index in [1.54, 1.807) is 23.6 Å². The minimum absolute atomic E-state index is 0.0404. The predicted molar refractivity (Wildman–Crippen MR) is 67.0 cm³/mol. The van der Waals surface area contributed by atoms with Crippen LogP contribution in [0.5, 0.6) is 5.75 Å². The molecular formula is C11H11N3O2S. The average Bonchev–Trinajstić information content (AvgIpc) is 2.67. The predicted octanol–water partition coefficient (Wildman–Crippen LogP) is 1.61. The lowest BCUT2D eigenvalue weighted by atomic mass is 10.2. The summed E-state index contributed by atoms with van der Waals surface area (Å²) in [6, 6.07) is 6.56. The second kappa shape index (κ2) is 4.84. The van der Waals surface area contributed by atoms with Crippen molar-refractivity contribution in [1.82, 2.24) is 4.98 Å². The highest BCUT2D eigenvalue weighted by Crippen LogP contribution is 2.21. The monoisotopic (exact) mass is 249 g/mol. The number of carbonyl (C=O) groups excluding carboxylic acids is 1. The van der Waals surface area contributed by atoms with E-state index in [1.165, 1.54) is 17.4 Å². The molecule has 1 aromatic heterocycles. The maximum absolute atomic E-state index is 11.6. The number of nitrogens with one attached hydrogen (secondary N) is 1. The average molecular weight is 249 g/mol. The third kappa shape index (κ3) is 2.94. The number of phenolic OH excluding ortho intramolecular Hbond substituents is 1. The molecule has 0 spiro atoms. The summed E-state index contributed by atoms with van der Waals surface area (Å²) < 4.78 is 0. The number of amides is 1. The summed E-state index contributed by atoms with van der Waals surface area (Å²) >= 11 is 1.29. The molecule has 0 atom stereocenters. The van der Waals surface area contributed by atoms with Crippen LogP contribution >= 0.6 is 11.3 Å². The second-order valence-corrected chi connectivity index (χ2v) is 4.31. The topological polar surface area (TPSA) is 88.2 Å². The number of anilines is 2. The highest BCUT2D eigenvalue weighted by molar-refractivity contribution is 7.13. The summed E-state index contributed by atoms with van der Waals surface area (Å²) in [5.74, 6) is -0.199. The molecule has 0 aliphatic heterocycles. The minimum Gasteiger partial charge on any atom is -0.506 e. The van der Waals surface area contributed by atoms with Gasteiger partial charge >= 0.3 is 0 Å². The molecule has 2 aromatic rings. The second-order valence-electron chi connectivity index (χ2n) is 3.42. The van der Waals surface area contributed by atoms with Crippen LogP contribution in [0.25, 0.3) is 0 Å². The van der Waals surface area contributed by atoms with E-state index in [2.05, 4.69) is 10.3 Å². The van der Waals surface area contributed by atoms with Crippen molar-refractivity contribution in [3.8, 4) is 5.75 Å².